The van der Waals surface area contributed by atoms with Crippen LogP contribution in [0, 0.1) is 0 Å². The van der Waals surface area contributed by atoms with E-state index in [1.54, 1.807) is 18.2 Å². The lowest BCUT2D eigenvalue weighted by Crippen LogP contribution is -2.31. The Morgan fingerprint density at radius 2 is 1.90 bits per heavy atom. The minimum Gasteiger partial charge on any atom is -0.350 e. The quantitative estimate of drug-likeness (QED) is 0.828. The summed E-state index contributed by atoms with van der Waals surface area (Å²) in [6.07, 6.45) is 0.817. The molecule has 0 aliphatic carbocycles. The topological polar surface area (TPSA) is 72.9 Å². The van der Waals surface area contributed by atoms with E-state index in [0.717, 1.165) is 4.31 Å². The molecule has 0 N–H and O–H groups in total. The number of sulfonamides is 1. The van der Waals surface area contributed by atoms with Crippen LogP contribution in [0.15, 0.2) is 29.2 Å². The Morgan fingerprint density at radius 3 is 2.60 bits per heavy atom. The van der Waals surface area contributed by atoms with E-state index >= 15 is 0 Å². The third kappa shape index (κ3) is 2.21. The van der Waals surface area contributed by atoms with E-state index in [-0.39, 0.29) is 23.3 Å². The predicted molar refractivity (Wildman–Crippen MR) is 69.6 cm³/mol. The summed E-state index contributed by atoms with van der Waals surface area (Å²) in [5.41, 5.74) is 0.251. The van der Waals surface area contributed by atoms with Gasteiger partial charge in [-0.1, -0.05) is 12.1 Å². The van der Waals surface area contributed by atoms with Crippen LogP contribution in [0.5, 0.6) is 0 Å². The van der Waals surface area contributed by atoms with Gasteiger partial charge >= 0.3 is 0 Å². The fourth-order valence-corrected chi connectivity index (χ4v) is 4.03. The standard InChI is InChI=1S/C13H15NO5S/c15-13-10-4-1-2-5-11(10)20(16,17)14(13)7-3-6-12-18-8-9-19-12/h1-2,4-5,12H,3,6-9H2. The molecule has 1 aromatic rings. The van der Waals surface area contributed by atoms with E-state index in [2.05, 4.69) is 0 Å². The summed E-state index contributed by atoms with van der Waals surface area (Å²) in [4.78, 5) is 12.2. The molecule has 1 amide bonds. The summed E-state index contributed by atoms with van der Waals surface area (Å²) in [7, 11) is -3.69. The van der Waals surface area contributed by atoms with Crippen molar-refractivity contribution in [2.45, 2.75) is 24.0 Å². The molecule has 0 radical (unpaired) electrons. The molecule has 1 aromatic carbocycles. The molecule has 3 rings (SSSR count). The van der Waals surface area contributed by atoms with Crippen LogP contribution in [0.1, 0.15) is 23.2 Å². The molecule has 0 saturated carbocycles. The first kappa shape index (κ1) is 13.5. The van der Waals surface area contributed by atoms with Crippen LogP contribution >= 0.6 is 0 Å². The summed E-state index contributed by atoms with van der Waals surface area (Å²) < 4.78 is 36.0. The Balaban J connectivity index is 1.70. The minimum atomic E-state index is -3.69. The molecular formula is C13H15NO5S. The number of benzene rings is 1. The number of rotatable bonds is 4. The third-order valence-corrected chi connectivity index (χ3v) is 5.24. The Kier molecular flexibility index (Phi) is 3.49. The molecule has 0 spiro atoms. The molecule has 20 heavy (non-hydrogen) atoms. The zero-order valence-corrected chi connectivity index (χ0v) is 11.6. The molecule has 2 heterocycles. The van der Waals surface area contributed by atoms with Crippen LogP contribution < -0.4 is 0 Å². The van der Waals surface area contributed by atoms with Crippen LogP contribution in [-0.4, -0.2) is 44.7 Å². The van der Waals surface area contributed by atoms with Crippen LogP contribution in [0.2, 0.25) is 0 Å². The summed E-state index contributed by atoms with van der Waals surface area (Å²) >= 11 is 0. The molecule has 0 atom stereocenters. The van der Waals surface area contributed by atoms with E-state index in [4.69, 9.17) is 9.47 Å². The van der Waals surface area contributed by atoms with Gasteiger partial charge in [0, 0.05) is 13.0 Å². The van der Waals surface area contributed by atoms with Gasteiger partial charge in [-0.25, -0.2) is 12.7 Å². The van der Waals surface area contributed by atoms with Crippen molar-refractivity contribution in [2.24, 2.45) is 0 Å². The lowest BCUT2D eigenvalue weighted by Gasteiger charge is -2.16. The van der Waals surface area contributed by atoms with Gasteiger partial charge in [-0.3, -0.25) is 4.79 Å². The van der Waals surface area contributed by atoms with Crippen LogP contribution in [-0.2, 0) is 19.5 Å². The maximum Gasteiger partial charge on any atom is 0.269 e. The van der Waals surface area contributed by atoms with E-state index in [9.17, 15) is 13.2 Å². The highest BCUT2D eigenvalue weighted by molar-refractivity contribution is 7.90. The molecule has 2 aliphatic heterocycles. The van der Waals surface area contributed by atoms with Crippen molar-refractivity contribution in [3.8, 4) is 0 Å². The number of nitrogens with zero attached hydrogens (tertiary/aromatic N) is 1. The molecule has 0 aromatic heterocycles. The SMILES string of the molecule is O=C1c2ccccc2S(=O)(=O)N1CCCC1OCCO1. The Hall–Kier alpha value is -1.44. The number of hydrogen-bond donors (Lipinski definition) is 0. The van der Waals surface area contributed by atoms with E-state index in [1.807, 2.05) is 0 Å². The zero-order valence-electron chi connectivity index (χ0n) is 10.8. The average Bonchev–Trinajstić information content (AvgIpc) is 3.01. The summed E-state index contributed by atoms with van der Waals surface area (Å²) in [6.45, 7) is 1.28. The molecule has 0 bridgehead atoms. The van der Waals surface area contributed by atoms with E-state index < -0.39 is 15.9 Å². The highest BCUT2D eigenvalue weighted by Crippen LogP contribution is 2.30. The normalized spacial score (nSPS) is 21.4. The number of amides is 1. The van der Waals surface area contributed by atoms with E-state index in [1.165, 1.54) is 6.07 Å². The molecule has 7 heteroatoms. The van der Waals surface area contributed by atoms with Gasteiger partial charge in [0.05, 0.1) is 18.8 Å². The van der Waals surface area contributed by atoms with Gasteiger partial charge < -0.3 is 9.47 Å². The van der Waals surface area contributed by atoms with Crippen LogP contribution in [0.4, 0.5) is 0 Å². The van der Waals surface area contributed by atoms with Crippen molar-refractivity contribution >= 4 is 15.9 Å². The monoisotopic (exact) mass is 297 g/mol. The number of ether oxygens (including phenoxy) is 2. The first-order chi connectivity index (χ1) is 9.60. The zero-order chi connectivity index (χ0) is 14.2. The third-order valence-electron chi connectivity index (χ3n) is 3.40. The largest absolute Gasteiger partial charge is 0.350 e. The molecule has 2 aliphatic rings. The average molecular weight is 297 g/mol. The fraction of sp³-hybridized carbons (Fsp3) is 0.462. The molecular weight excluding hydrogens is 282 g/mol. The summed E-state index contributed by atoms with van der Waals surface area (Å²) in [5, 5.41) is 0. The fourth-order valence-electron chi connectivity index (χ4n) is 2.43. The number of carbonyl (C=O) groups is 1. The van der Waals surface area contributed by atoms with Crippen molar-refractivity contribution in [1.29, 1.82) is 0 Å². The van der Waals surface area contributed by atoms with Gasteiger partial charge in [0.2, 0.25) is 0 Å². The van der Waals surface area contributed by atoms with Crippen molar-refractivity contribution < 1.29 is 22.7 Å². The Bertz CT molecular complexity index is 621. The van der Waals surface area contributed by atoms with Gasteiger partial charge in [-0.2, -0.15) is 0 Å². The van der Waals surface area contributed by atoms with Gasteiger partial charge in [-0.05, 0) is 18.6 Å². The highest BCUT2D eigenvalue weighted by Gasteiger charge is 2.40. The minimum absolute atomic E-state index is 0.0957. The van der Waals surface area contributed by atoms with Crippen molar-refractivity contribution in [1.82, 2.24) is 4.31 Å². The maximum absolute atomic E-state index is 12.3. The van der Waals surface area contributed by atoms with Gasteiger partial charge in [0.1, 0.15) is 4.90 Å². The Labute approximate surface area is 117 Å². The molecule has 1 saturated heterocycles. The second-order valence-corrected chi connectivity index (χ2v) is 6.52. The summed E-state index contributed by atoms with van der Waals surface area (Å²) in [6, 6.07) is 6.29. The molecule has 108 valence electrons. The smallest absolute Gasteiger partial charge is 0.269 e. The first-order valence-electron chi connectivity index (χ1n) is 6.50. The van der Waals surface area contributed by atoms with Crippen molar-refractivity contribution in [3.63, 3.8) is 0 Å². The van der Waals surface area contributed by atoms with E-state index in [0.29, 0.717) is 26.1 Å². The Morgan fingerprint density at radius 1 is 1.20 bits per heavy atom. The number of hydrogen-bond acceptors (Lipinski definition) is 5. The van der Waals surface area contributed by atoms with Crippen molar-refractivity contribution in [3.05, 3.63) is 29.8 Å². The molecule has 6 nitrogen and oxygen atoms in total. The van der Waals surface area contributed by atoms with Gasteiger partial charge in [0.25, 0.3) is 15.9 Å². The second kappa shape index (κ2) is 5.16. The second-order valence-electron chi connectivity index (χ2n) is 4.69. The van der Waals surface area contributed by atoms with Gasteiger partial charge in [-0.15, -0.1) is 0 Å². The number of fused-ring (bicyclic) bond motifs is 1. The van der Waals surface area contributed by atoms with Crippen LogP contribution in [0.3, 0.4) is 0 Å². The molecule has 0 unspecified atom stereocenters. The van der Waals surface area contributed by atoms with Crippen LogP contribution in [0.25, 0.3) is 0 Å². The molecule has 1 fully saturated rings. The lowest BCUT2D eigenvalue weighted by atomic mass is 10.2. The highest BCUT2D eigenvalue weighted by atomic mass is 32.2. The first-order valence-corrected chi connectivity index (χ1v) is 7.94. The van der Waals surface area contributed by atoms with Crippen molar-refractivity contribution in [2.75, 3.05) is 19.8 Å². The maximum atomic E-state index is 12.3. The van der Waals surface area contributed by atoms with Gasteiger partial charge in [0.15, 0.2) is 6.29 Å². The number of carbonyl (C=O) groups excluding carboxylic acids is 1. The summed E-state index contributed by atoms with van der Waals surface area (Å²) in [5.74, 6) is -0.450. The predicted octanol–water partition coefficient (Wildman–Crippen LogP) is 0.984. The lowest BCUT2D eigenvalue weighted by molar-refractivity contribution is -0.0480.